The van der Waals surface area contributed by atoms with Crippen LogP contribution in [0.15, 0.2) is 85.0 Å². The molecule has 1 atom stereocenters. The molecule has 6 heteroatoms. The topological polar surface area (TPSA) is 78.9 Å². The van der Waals surface area contributed by atoms with Gasteiger partial charge in [-0.1, -0.05) is 50.1 Å². The van der Waals surface area contributed by atoms with Gasteiger partial charge in [0.25, 0.3) is 0 Å². The maximum absolute atomic E-state index is 12.5. The van der Waals surface area contributed by atoms with Crippen molar-refractivity contribution in [2.24, 2.45) is 0 Å². The van der Waals surface area contributed by atoms with Gasteiger partial charge in [-0.15, -0.1) is 0 Å². The molecular formula is C35H34O6. The maximum Gasteiger partial charge on any atom is 0.338 e. The third-order valence-electron chi connectivity index (χ3n) is 6.96. The Morgan fingerprint density at radius 2 is 1.24 bits per heavy atom. The number of hydrogen-bond donors (Lipinski definition) is 0. The van der Waals surface area contributed by atoms with E-state index >= 15 is 0 Å². The summed E-state index contributed by atoms with van der Waals surface area (Å²) in [5.41, 5.74) is 8.94. The normalized spacial score (nSPS) is 13.6. The van der Waals surface area contributed by atoms with E-state index in [1.54, 1.807) is 32.9 Å². The van der Waals surface area contributed by atoms with Crippen LogP contribution in [-0.2, 0) is 32.0 Å². The van der Waals surface area contributed by atoms with Gasteiger partial charge in [-0.05, 0) is 85.7 Å². The van der Waals surface area contributed by atoms with Crippen molar-refractivity contribution < 1.29 is 28.6 Å². The van der Waals surface area contributed by atoms with Gasteiger partial charge in [0, 0.05) is 41.2 Å². The monoisotopic (exact) mass is 550 g/mol. The summed E-state index contributed by atoms with van der Waals surface area (Å²) in [6.45, 7) is 19.8. The molecule has 0 aliphatic heterocycles. The van der Waals surface area contributed by atoms with E-state index in [1.807, 2.05) is 13.8 Å². The predicted molar refractivity (Wildman–Crippen MR) is 160 cm³/mol. The number of fused-ring (bicyclic) bond motifs is 1. The van der Waals surface area contributed by atoms with Crippen molar-refractivity contribution in [3.05, 3.63) is 107 Å². The fourth-order valence-corrected chi connectivity index (χ4v) is 4.75. The third-order valence-corrected chi connectivity index (χ3v) is 6.96. The number of carbonyl (C=O) groups is 3. The molecule has 41 heavy (non-hydrogen) atoms. The van der Waals surface area contributed by atoms with Crippen molar-refractivity contribution in [1.82, 2.24) is 0 Å². The molecule has 0 spiro atoms. The van der Waals surface area contributed by atoms with Crippen molar-refractivity contribution in [1.29, 1.82) is 0 Å². The van der Waals surface area contributed by atoms with Gasteiger partial charge in [0.1, 0.15) is 17.6 Å². The first-order valence-corrected chi connectivity index (χ1v) is 13.3. The number of ether oxygens (including phenoxy) is 3. The average molecular weight is 551 g/mol. The fourth-order valence-electron chi connectivity index (χ4n) is 4.75. The average Bonchev–Trinajstić information content (AvgIpc) is 3.31. The number of hydrogen-bond acceptors (Lipinski definition) is 6. The lowest BCUT2D eigenvalue weighted by atomic mass is 9.90. The zero-order valence-corrected chi connectivity index (χ0v) is 24.2. The van der Waals surface area contributed by atoms with Crippen molar-refractivity contribution in [3.8, 4) is 33.8 Å². The van der Waals surface area contributed by atoms with Crippen LogP contribution in [0.3, 0.4) is 0 Å². The Balaban J connectivity index is 1.68. The van der Waals surface area contributed by atoms with E-state index in [-0.39, 0.29) is 34.7 Å². The number of aryl methyl sites for hydroxylation is 2. The lowest BCUT2D eigenvalue weighted by molar-refractivity contribution is -0.143. The van der Waals surface area contributed by atoms with Crippen molar-refractivity contribution in [3.63, 3.8) is 0 Å². The van der Waals surface area contributed by atoms with E-state index in [0.717, 1.165) is 33.4 Å². The van der Waals surface area contributed by atoms with Gasteiger partial charge in [-0.25, -0.2) is 14.4 Å². The molecule has 0 bridgehead atoms. The standard InChI is InChI=1S/C35H34O6/c1-19(2)33(36)39-27-11-12-29(32(18-27)41-35(38)21(5)6)31-14-22(7)30(13-23(31)8)25-10-9-24-16-28(17-26(24)15-25)40-34(37)20(3)4/h9-15,18,28H,1,3,5,16-17H2,2,4,6-8H3. The fraction of sp³-hybridized carbons (Fsp3) is 0.229. The summed E-state index contributed by atoms with van der Waals surface area (Å²) in [6.07, 6.45) is 1.17. The smallest absolute Gasteiger partial charge is 0.338 e. The molecule has 3 aromatic rings. The number of carbonyl (C=O) groups excluding carboxylic acids is 3. The number of rotatable bonds is 8. The number of esters is 3. The summed E-state index contributed by atoms with van der Waals surface area (Å²) >= 11 is 0. The van der Waals surface area contributed by atoms with Crippen LogP contribution >= 0.6 is 0 Å². The van der Waals surface area contributed by atoms with Gasteiger partial charge in [-0.3, -0.25) is 0 Å². The number of benzene rings is 3. The largest absolute Gasteiger partial charge is 0.458 e. The maximum atomic E-state index is 12.5. The van der Waals surface area contributed by atoms with E-state index in [9.17, 15) is 14.4 Å². The van der Waals surface area contributed by atoms with E-state index in [1.165, 1.54) is 11.6 Å². The molecule has 0 saturated heterocycles. The lowest BCUT2D eigenvalue weighted by Gasteiger charge is -2.17. The van der Waals surface area contributed by atoms with Crippen LogP contribution in [0.25, 0.3) is 22.3 Å². The van der Waals surface area contributed by atoms with Crippen LogP contribution in [0, 0.1) is 13.8 Å². The molecule has 6 nitrogen and oxygen atoms in total. The molecule has 3 aromatic carbocycles. The molecule has 4 rings (SSSR count). The Morgan fingerprint density at radius 1 is 0.659 bits per heavy atom. The summed E-state index contributed by atoms with van der Waals surface area (Å²) < 4.78 is 16.6. The Morgan fingerprint density at radius 3 is 1.90 bits per heavy atom. The molecule has 210 valence electrons. The van der Waals surface area contributed by atoms with Crippen LogP contribution in [0.2, 0.25) is 0 Å². The van der Waals surface area contributed by atoms with Crippen molar-refractivity contribution in [2.75, 3.05) is 0 Å². The van der Waals surface area contributed by atoms with E-state index in [0.29, 0.717) is 24.0 Å². The highest BCUT2D eigenvalue weighted by molar-refractivity contribution is 5.92. The van der Waals surface area contributed by atoms with Gasteiger partial charge in [0.05, 0.1) is 0 Å². The molecule has 0 aromatic heterocycles. The predicted octanol–water partition coefficient (Wildman–Crippen LogP) is 7.19. The molecule has 0 amide bonds. The van der Waals surface area contributed by atoms with E-state index in [2.05, 4.69) is 50.1 Å². The zero-order valence-electron chi connectivity index (χ0n) is 24.2. The van der Waals surface area contributed by atoms with Gasteiger partial charge in [0.15, 0.2) is 0 Å². The Labute approximate surface area is 241 Å². The molecule has 1 unspecified atom stereocenters. The van der Waals surface area contributed by atoms with Crippen molar-refractivity contribution >= 4 is 17.9 Å². The molecule has 0 N–H and O–H groups in total. The second kappa shape index (κ2) is 11.8. The zero-order chi connectivity index (χ0) is 30.0. The van der Waals surface area contributed by atoms with Crippen molar-refractivity contribution in [2.45, 2.75) is 53.6 Å². The Bertz CT molecular complexity index is 1620. The van der Waals surface area contributed by atoms with Crippen LogP contribution in [0.5, 0.6) is 11.5 Å². The van der Waals surface area contributed by atoms with Crippen LogP contribution in [-0.4, -0.2) is 24.0 Å². The first-order chi connectivity index (χ1) is 19.3. The molecule has 0 fully saturated rings. The highest BCUT2D eigenvalue weighted by Crippen LogP contribution is 2.39. The third kappa shape index (κ3) is 6.55. The van der Waals surface area contributed by atoms with E-state index < -0.39 is 11.9 Å². The van der Waals surface area contributed by atoms with Gasteiger partial charge in [-0.2, -0.15) is 0 Å². The van der Waals surface area contributed by atoms with Crippen LogP contribution < -0.4 is 9.47 Å². The summed E-state index contributed by atoms with van der Waals surface area (Å²) in [5.74, 6) is -1.01. The van der Waals surface area contributed by atoms with Crippen LogP contribution in [0.4, 0.5) is 0 Å². The molecule has 1 aliphatic carbocycles. The Hall–Kier alpha value is -4.71. The Kier molecular flexibility index (Phi) is 8.43. The van der Waals surface area contributed by atoms with Gasteiger partial charge in [0.2, 0.25) is 0 Å². The summed E-state index contributed by atoms with van der Waals surface area (Å²) in [5, 5.41) is 0. The summed E-state index contributed by atoms with van der Waals surface area (Å²) in [4.78, 5) is 36.5. The first kappa shape index (κ1) is 29.3. The lowest BCUT2D eigenvalue weighted by Crippen LogP contribution is -2.18. The minimum Gasteiger partial charge on any atom is -0.458 e. The molecule has 0 heterocycles. The van der Waals surface area contributed by atoms with Gasteiger partial charge >= 0.3 is 17.9 Å². The quantitative estimate of drug-likeness (QED) is 0.168. The summed E-state index contributed by atoms with van der Waals surface area (Å²) in [6, 6.07) is 15.5. The SMILES string of the molecule is C=C(C)C(=O)Oc1ccc(-c2cc(C)c(-c3ccc4c(c3)CC(OC(=O)C(=C)C)C4)cc2C)c(OC(=O)C(=C)C)c1. The highest BCUT2D eigenvalue weighted by atomic mass is 16.6. The molecule has 0 radical (unpaired) electrons. The molecule has 0 saturated carbocycles. The van der Waals surface area contributed by atoms with Crippen LogP contribution in [0.1, 0.15) is 43.0 Å². The van der Waals surface area contributed by atoms with E-state index in [4.69, 9.17) is 14.2 Å². The summed E-state index contributed by atoms with van der Waals surface area (Å²) in [7, 11) is 0. The highest BCUT2D eigenvalue weighted by Gasteiger charge is 2.26. The van der Waals surface area contributed by atoms with Gasteiger partial charge < -0.3 is 14.2 Å². The minimum atomic E-state index is -0.578. The second-order valence-electron chi connectivity index (χ2n) is 10.7. The minimum absolute atomic E-state index is 0.187. The molecule has 1 aliphatic rings. The second-order valence-corrected chi connectivity index (χ2v) is 10.7. The molecular weight excluding hydrogens is 516 g/mol. The first-order valence-electron chi connectivity index (χ1n) is 13.3.